The summed E-state index contributed by atoms with van der Waals surface area (Å²) in [4.78, 5) is 13.4. The van der Waals surface area contributed by atoms with Crippen LogP contribution in [0.15, 0.2) is 24.3 Å². The number of sulfone groups is 1. The molecule has 0 radical (unpaired) electrons. The van der Waals surface area contributed by atoms with Gasteiger partial charge in [-0.3, -0.25) is 4.79 Å². The molecule has 1 amide bonds. The van der Waals surface area contributed by atoms with Crippen molar-refractivity contribution < 1.29 is 18.3 Å². The number of rotatable bonds is 4. The summed E-state index contributed by atoms with van der Waals surface area (Å²) in [5, 5.41) is 9.20. The highest BCUT2D eigenvalue weighted by atomic mass is 32.2. The number of carbonyl (C=O) groups excluding carboxylic acids is 1. The van der Waals surface area contributed by atoms with E-state index in [1.54, 1.807) is 26.0 Å². The van der Waals surface area contributed by atoms with Crippen LogP contribution < -0.4 is 4.90 Å². The van der Waals surface area contributed by atoms with Crippen LogP contribution in [0.4, 0.5) is 5.69 Å². The first kappa shape index (κ1) is 14.5. The number of amides is 1. The standard InChI is InChI=1S/C12H17NO4S/c1-9(2)13(12(15)8-18(3,16)17)10-4-6-11(14)7-5-10/h4-7,9,14H,8H2,1-3H3. The van der Waals surface area contributed by atoms with Crippen molar-refractivity contribution in [3.63, 3.8) is 0 Å². The highest BCUT2D eigenvalue weighted by molar-refractivity contribution is 7.91. The molecule has 100 valence electrons. The van der Waals surface area contributed by atoms with Crippen molar-refractivity contribution in [3.8, 4) is 5.75 Å². The average molecular weight is 271 g/mol. The molecule has 0 aliphatic rings. The van der Waals surface area contributed by atoms with Crippen molar-refractivity contribution >= 4 is 21.4 Å². The summed E-state index contributed by atoms with van der Waals surface area (Å²) in [6.07, 6.45) is 1.03. The molecular weight excluding hydrogens is 254 g/mol. The van der Waals surface area contributed by atoms with Gasteiger partial charge < -0.3 is 10.0 Å². The summed E-state index contributed by atoms with van der Waals surface area (Å²) in [5.41, 5.74) is 0.566. The van der Waals surface area contributed by atoms with Crippen molar-refractivity contribution in [2.45, 2.75) is 19.9 Å². The molecule has 0 saturated heterocycles. The summed E-state index contributed by atoms with van der Waals surface area (Å²) in [7, 11) is -3.36. The maximum Gasteiger partial charge on any atom is 0.242 e. The lowest BCUT2D eigenvalue weighted by Gasteiger charge is -2.26. The van der Waals surface area contributed by atoms with Crippen LogP contribution in [-0.4, -0.2) is 37.5 Å². The normalized spacial score (nSPS) is 11.6. The van der Waals surface area contributed by atoms with Gasteiger partial charge in [0.05, 0.1) is 0 Å². The van der Waals surface area contributed by atoms with Crippen LogP contribution in [0, 0.1) is 0 Å². The molecule has 0 bridgehead atoms. The van der Waals surface area contributed by atoms with Crippen LogP contribution in [0.5, 0.6) is 5.75 Å². The highest BCUT2D eigenvalue weighted by Crippen LogP contribution is 2.21. The summed E-state index contributed by atoms with van der Waals surface area (Å²) in [6.45, 7) is 3.60. The number of aromatic hydroxyl groups is 1. The van der Waals surface area contributed by atoms with E-state index in [1.807, 2.05) is 0 Å². The summed E-state index contributed by atoms with van der Waals surface area (Å²) in [6, 6.07) is 5.91. The Bertz CT molecular complexity index is 520. The lowest BCUT2D eigenvalue weighted by molar-refractivity contribution is -0.116. The largest absolute Gasteiger partial charge is 0.508 e. The van der Waals surface area contributed by atoms with Gasteiger partial charge in [0.2, 0.25) is 5.91 Å². The Balaban J connectivity index is 3.03. The molecule has 0 unspecified atom stereocenters. The zero-order valence-electron chi connectivity index (χ0n) is 10.6. The molecule has 0 aromatic heterocycles. The van der Waals surface area contributed by atoms with Gasteiger partial charge in [0, 0.05) is 18.0 Å². The Morgan fingerprint density at radius 2 is 1.78 bits per heavy atom. The van der Waals surface area contributed by atoms with E-state index in [2.05, 4.69) is 0 Å². The fourth-order valence-corrected chi connectivity index (χ4v) is 2.22. The van der Waals surface area contributed by atoms with Gasteiger partial charge in [0.25, 0.3) is 0 Å². The topological polar surface area (TPSA) is 74.7 Å². The number of phenols is 1. The Morgan fingerprint density at radius 3 is 2.17 bits per heavy atom. The average Bonchev–Trinajstić information content (AvgIpc) is 2.18. The predicted octanol–water partition coefficient (Wildman–Crippen LogP) is 1.18. The number of nitrogens with zero attached hydrogens (tertiary/aromatic N) is 1. The van der Waals surface area contributed by atoms with E-state index in [0.29, 0.717) is 5.69 Å². The predicted molar refractivity (Wildman–Crippen MR) is 70.4 cm³/mol. The molecule has 6 heteroatoms. The third-order valence-corrected chi connectivity index (χ3v) is 3.07. The molecule has 1 aromatic rings. The fourth-order valence-electron chi connectivity index (χ4n) is 1.64. The Hall–Kier alpha value is -1.56. The van der Waals surface area contributed by atoms with Crippen molar-refractivity contribution in [1.29, 1.82) is 0 Å². The highest BCUT2D eigenvalue weighted by Gasteiger charge is 2.22. The Kier molecular flexibility index (Phi) is 4.34. The molecule has 5 nitrogen and oxygen atoms in total. The molecule has 0 saturated carbocycles. The number of carbonyl (C=O) groups is 1. The molecule has 0 spiro atoms. The van der Waals surface area contributed by atoms with Crippen molar-refractivity contribution in [3.05, 3.63) is 24.3 Å². The van der Waals surface area contributed by atoms with Crippen molar-refractivity contribution in [2.24, 2.45) is 0 Å². The minimum Gasteiger partial charge on any atom is -0.508 e. The molecular formula is C12H17NO4S. The maximum absolute atomic E-state index is 12.0. The van der Waals surface area contributed by atoms with E-state index in [1.165, 1.54) is 17.0 Å². The molecule has 0 fully saturated rings. The van der Waals surface area contributed by atoms with Gasteiger partial charge in [-0.15, -0.1) is 0 Å². The molecule has 18 heavy (non-hydrogen) atoms. The van der Waals surface area contributed by atoms with Crippen LogP contribution in [0.25, 0.3) is 0 Å². The number of hydrogen-bond acceptors (Lipinski definition) is 4. The first-order valence-corrected chi connectivity index (χ1v) is 7.55. The smallest absolute Gasteiger partial charge is 0.242 e. The third kappa shape index (κ3) is 4.03. The van der Waals surface area contributed by atoms with Gasteiger partial charge in [0.1, 0.15) is 11.5 Å². The van der Waals surface area contributed by atoms with Crippen LogP contribution in [0.1, 0.15) is 13.8 Å². The first-order chi connectivity index (χ1) is 8.20. The van der Waals surface area contributed by atoms with Crippen molar-refractivity contribution in [1.82, 2.24) is 0 Å². The summed E-state index contributed by atoms with van der Waals surface area (Å²) < 4.78 is 22.3. The van der Waals surface area contributed by atoms with Crippen LogP contribution in [0.3, 0.4) is 0 Å². The van der Waals surface area contributed by atoms with Crippen LogP contribution in [0.2, 0.25) is 0 Å². The second-order valence-corrected chi connectivity index (χ2v) is 6.58. The Morgan fingerprint density at radius 1 is 1.28 bits per heavy atom. The van der Waals surface area contributed by atoms with Gasteiger partial charge in [-0.25, -0.2) is 8.42 Å². The van der Waals surface area contributed by atoms with Crippen LogP contribution >= 0.6 is 0 Å². The minimum absolute atomic E-state index is 0.0954. The molecule has 1 N–H and O–H groups in total. The van der Waals surface area contributed by atoms with Gasteiger partial charge in [0.15, 0.2) is 9.84 Å². The van der Waals surface area contributed by atoms with Gasteiger partial charge in [-0.1, -0.05) is 0 Å². The lowest BCUT2D eigenvalue weighted by atomic mass is 10.2. The van der Waals surface area contributed by atoms with Gasteiger partial charge >= 0.3 is 0 Å². The number of hydrogen-bond donors (Lipinski definition) is 1. The molecule has 0 aliphatic heterocycles. The maximum atomic E-state index is 12.0. The monoisotopic (exact) mass is 271 g/mol. The first-order valence-electron chi connectivity index (χ1n) is 5.49. The van der Waals surface area contributed by atoms with Gasteiger partial charge in [-0.05, 0) is 38.1 Å². The fraction of sp³-hybridized carbons (Fsp3) is 0.417. The second kappa shape index (κ2) is 5.39. The zero-order chi connectivity index (χ0) is 13.9. The van der Waals surface area contributed by atoms with E-state index in [0.717, 1.165) is 6.26 Å². The molecule has 1 rings (SSSR count). The van der Waals surface area contributed by atoms with Gasteiger partial charge in [-0.2, -0.15) is 0 Å². The summed E-state index contributed by atoms with van der Waals surface area (Å²) in [5.74, 6) is -0.900. The van der Waals surface area contributed by atoms with E-state index in [-0.39, 0.29) is 11.8 Å². The molecule has 1 aromatic carbocycles. The minimum atomic E-state index is -3.36. The molecule has 0 atom stereocenters. The quantitative estimate of drug-likeness (QED) is 0.892. The SMILES string of the molecule is CC(C)N(C(=O)CS(C)(=O)=O)c1ccc(O)cc1. The van der Waals surface area contributed by atoms with E-state index >= 15 is 0 Å². The Labute approximate surface area is 107 Å². The number of benzene rings is 1. The van der Waals surface area contributed by atoms with E-state index < -0.39 is 21.5 Å². The van der Waals surface area contributed by atoms with E-state index in [4.69, 9.17) is 0 Å². The van der Waals surface area contributed by atoms with Crippen LogP contribution in [-0.2, 0) is 14.6 Å². The molecule has 0 heterocycles. The molecule has 0 aliphatic carbocycles. The lowest BCUT2D eigenvalue weighted by Crippen LogP contribution is -2.40. The zero-order valence-corrected chi connectivity index (χ0v) is 11.4. The summed E-state index contributed by atoms with van der Waals surface area (Å²) >= 11 is 0. The number of anilines is 1. The third-order valence-electron chi connectivity index (χ3n) is 2.30. The van der Waals surface area contributed by atoms with E-state index in [9.17, 15) is 18.3 Å². The number of phenolic OH excluding ortho intramolecular Hbond substituents is 1. The van der Waals surface area contributed by atoms with Crippen molar-refractivity contribution in [2.75, 3.05) is 16.9 Å². The second-order valence-electron chi connectivity index (χ2n) is 4.44.